The molecule has 5 nitrogen and oxygen atoms in total. The first kappa shape index (κ1) is 16.1. The Morgan fingerprint density at radius 1 is 1.29 bits per heavy atom. The van der Waals surface area contributed by atoms with Gasteiger partial charge in [-0.3, -0.25) is 4.79 Å². The van der Waals surface area contributed by atoms with E-state index >= 15 is 0 Å². The van der Waals surface area contributed by atoms with E-state index in [1.54, 1.807) is 4.90 Å². The molecule has 2 fully saturated rings. The minimum absolute atomic E-state index is 0.0388. The second-order valence-electron chi connectivity index (χ2n) is 6.99. The van der Waals surface area contributed by atoms with E-state index in [4.69, 9.17) is 0 Å². The maximum absolute atomic E-state index is 12.7. The lowest BCUT2D eigenvalue weighted by Gasteiger charge is -2.40. The normalized spacial score (nSPS) is 30.0. The summed E-state index contributed by atoms with van der Waals surface area (Å²) in [6.45, 7) is 8.99. The van der Waals surface area contributed by atoms with E-state index in [0.717, 1.165) is 25.9 Å². The number of piperidine rings is 1. The van der Waals surface area contributed by atoms with Crippen molar-refractivity contribution in [3.8, 4) is 0 Å². The molecule has 0 bridgehead atoms. The van der Waals surface area contributed by atoms with Crippen molar-refractivity contribution in [1.82, 2.24) is 9.80 Å². The molecule has 2 amide bonds. The third-order valence-corrected chi connectivity index (χ3v) is 5.42. The summed E-state index contributed by atoms with van der Waals surface area (Å²) in [7, 11) is 0. The zero-order chi connectivity index (χ0) is 15.6. The Morgan fingerprint density at radius 2 is 2.00 bits per heavy atom. The maximum atomic E-state index is 12.7. The quantitative estimate of drug-likeness (QED) is 0.871. The minimum Gasteiger partial charge on any atom is -0.481 e. The summed E-state index contributed by atoms with van der Waals surface area (Å²) in [5, 5.41) is 9.52. The number of hydrogen-bond donors (Lipinski definition) is 1. The smallest absolute Gasteiger partial charge is 0.320 e. The summed E-state index contributed by atoms with van der Waals surface area (Å²) in [6, 6.07) is 0.0388. The number of carboxylic acids is 1. The summed E-state index contributed by atoms with van der Waals surface area (Å²) in [4.78, 5) is 27.9. The van der Waals surface area contributed by atoms with Crippen LogP contribution >= 0.6 is 0 Å². The molecule has 120 valence electrons. The highest BCUT2D eigenvalue weighted by molar-refractivity contribution is 5.79. The van der Waals surface area contributed by atoms with Gasteiger partial charge in [-0.2, -0.15) is 0 Å². The molecule has 0 aromatic carbocycles. The number of hydrogen-bond acceptors (Lipinski definition) is 2. The molecule has 0 spiro atoms. The summed E-state index contributed by atoms with van der Waals surface area (Å²) in [6.07, 6.45) is 3.11. The number of carboxylic acid groups (broad SMARTS) is 1. The molecular weight excluding hydrogens is 268 g/mol. The fraction of sp³-hybridized carbons (Fsp3) is 0.875. The SMILES string of the molecule is CCC1(C(=O)O)CCCN(C(=O)N2CCC(C(C)C)C2)C1. The number of urea groups is 1. The Balaban J connectivity index is 2.01. The molecule has 0 aliphatic carbocycles. The van der Waals surface area contributed by atoms with Crippen LogP contribution in [0.2, 0.25) is 0 Å². The second kappa shape index (κ2) is 6.24. The molecular formula is C16H28N2O3. The van der Waals surface area contributed by atoms with E-state index in [1.807, 2.05) is 11.8 Å². The van der Waals surface area contributed by atoms with E-state index in [0.29, 0.717) is 37.8 Å². The Hall–Kier alpha value is -1.26. The van der Waals surface area contributed by atoms with E-state index in [-0.39, 0.29) is 6.03 Å². The van der Waals surface area contributed by atoms with Crippen LogP contribution in [0.1, 0.15) is 46.5 Å². The largest absolute Gasteiger partial charge is 0.481 e. The number of amides is 2. The average molecular weight is 296 g/mol. The highest BCUT2D eigenvalue weighted by Gasteiger charge is 2.43. The number of nitrogens with zero attached hydrogens (tertiary/aromatic N) is 2. The predicted molar refractivity (Wildman–Crippen MR) is 81.1 cm³/mol. The minimum atomic E-state index is -0.760. The summed E-state index contributed by atoms with van der Waals surface area (Å²) < 4.78 is 0. The molecule has 2 saturated heterocycles. The molecule has 0 radical (unpaired) electrons. The van der Waals surface area contributed by atoms with Gasteiger partial charge < -0.3 is 14.9 Å². The molecule has 1 N–H and O–H groups in total. The number of rotatable bonds is 3. The molecule has 5 heteroatoms. The van der Waals surface area contributed by atoms with E-state index < -0.39 is 11.4 Å². The zero-order valence-electron chi connectivity index (χ0n) is 13.5. The van der Waals surface area contributed by atoms with Gasteiger partial charge in [0.15, 0.2) is 0 Å². The molecule has 2 rings (SSSR count). The first-order valence-corrected chi connectivity index (χ1v) is 8.17. The van der Waals surface area contributed by atoms with Crippen molar-refractivity contribution < 1.29 is 14.7 Å². The van der Waals surface area contributed by atoms with Crippen molar-refractivity contribution >= 4 is 12.0 Å². The highest BCUT2D eigenvalue weighted by atomic mass is 16.4. The topological polar surface area (TPSA) is 60.9 Å². The van der Waals surface area contributed by atoms with Crippen molar-refractivity contribution in [1.29, 1.82) is 0 Å². The van der Waals surface area contributed by atoms with Crippen LogP contribution in [0.5, 0.6) is 0 Å². The average Bonchev–Trinajstić information content (AvgIpc) is 2.96. The summed E-state index contributed by atoms with van der Waals surface area (Å²) >= 11 is 0. The number of aliphatic carboxylic acids is 1. The zero-order valence-corrected chi connectivity index (χ0v) is 13.5. The lowest BCUT2D eigenvalue weighted by atomic mass is 9.78. The van der Waals surface area contributed by atoms with Crippen molar-refractivity contribution in [2.24, 2.45) is 17.3 Å². The molecule has 0 aromatic heterocycles. The Labute approximate surface area is 127 Å². The van der Waals surface area contributed by atoms with Gasteiger partial charge in [-0.25, -0.2) is 4.79 Å². The predicted octanol–water partition coefficient (Wildman–Crippen LogP) is 2.66. The molecule has 2 atom stereocenters. The number of carbonyl (C=O) groups excluding carboxylic acids is 1. The third-order valence-electron chi connectivity index (χ3n) is 5.42. The standard InChI is InChI=1S/C16H28N2O3/c1-4-16(14(19)20)7-5-8-18(11-16)15(21)17-9-6-13(10-17)12(2)3/h12-13H,4-11H2,1-3H3,(H,19,20). The fourth-order valence-corrected chi connectivity index (χ4v) is 3.61. The van der Waals surface area contributed by atoms with Gasteiger partial charge in [-0.15, -0.1) is 0 Å². The molecule has 0 saturated carbocycles. The van der Waals surface area contributed by atoms with Gasteiger partial charge >= 0.3 is 12.0 Å². The van der Waals surface area contributed by atoms with Crippen LogP contribution in [-0.2, 0) is 4.79 Å². The first-order valence-electron chi connectivity index (χ1n) is 8.17. The van der Waals surface area contributed by atoms with Crippen molar-refractivity contribution in [3.63, 3.8) is 0 Å². The maximum Gasteiger partial charge on any atom is 0.320 e. The van der Waals surface area contributed by atoms with Crippen LogP contribution in [0.25, 0.3) is 0 Å². The molecule has 2 unspecified atom stereocenters. The van der Waals surface area contributed by atoms with Gasteiger partial charge in [0, 0.05) is 26.2 Å². The molecule has 0 aromatic rings. The van der Waals surface area contributed by atoms with Gasteiger partial charge in [0.25, 0.3) is 0 Å². The number of likely N-dealkylation sites (tertiary alicyclic amines) is 2. The first-order chi connectivity index (χ1) is 9.89. The third kappa shape index (κ3) is 3.16. The van der Waals surface area contributed by atoms with Crippen molar-refractivity contribution in [2.75, 3.05) is 26.2 Å². The molecule has 2 aliphatic heterocycles. The molecule has 21 heavy (non-hydrogen) atoms. The van der Waals surface area contributed by atoms with Crippen LogP contribution < -0.4 is 0 Å². The van der Waals surface area contributed by atoms with E-state index in [2.05, 4.69) is 13.8 Å². The van der Waals surface area contributed by atoms with Gasteiger partial charge in [-0.1, -0.05) is 20.8 Å². The Kier molecular flexibility index (Phi) is 4.79. The van der Waals surface area contributed by atoms with Gasteiger partial charge in [0.1, 0.15) is 0 Å². The van der Waals surface area contributed by atoms with E-state index in [1.165, 1.54) is 0 Å². The van der Waals surface area contributed by atoms with Crippen LogP contribution in [0.4, 0.5) is 4.79 Å². The monoisotopic (exact) mass is 296 g/mol. The Morgan fingerprint density at radius 3 is 2.52 bits per heavy atom. The highest BCUT2D eigenvalue weighted by Crippen LogP contribution is 2.34. The Bertz CT molecular complexity index is 410. The lowest BCUT2D eigenvalue weighted by Crippen LogP contribution is -2.53. The van der Waals surface area contributed by atoms with Crippen LogP contribution in [0.3, 0.4) is 0 Å². The fourth-order valence-electron chi connectivity index (χ4n) is 3.61. The van der Waals surface area contributed by atoms with Gasteiger partial charge in [-0.05, 0) is 37.5 Å². The second-order valence-corrected chi connectivity index (χ2v) is 6.99. The van der Waals surface area contributed by atoms with Crippen molar-refractivity contribution in [2.45, 2.75) is 46.5 Å². The van der Waals surface area contributed by atoms with Crippen LogP contribution in [-0.4, -0.2) is 53.1 Å². The summed E-state index contributed by atoms with van der Waals surface area (Å²) in [5.41, 5.74) is -0.745. The number of carbonyl (C=O) groups is 2. The van der Waals surface area contributed by atoms with Crippen LogP contribution in [0, 0.1) is 17.3 Å². The van der Waals surface area contributed by atoms with Crippen molar-refractivity contribution in [3.05, 3.63) is 0 Å². The summed E-state index contributed by atoms with van der Waals surface area (Å²) in [5.74, 6) is 0.413. The molecule has 2 heterocycles. The van der Waals surface area contributed by atoms with Gasteiger partial charge in [0.05, 0.1) is 5.41 Å². The van der Waals surface area contributed by atoms with E-state index in [9.17, 15) is 14.7 Å². The van der Waals surface area contributed by atoms with Gasteiger partial charge in [0.2, 0.25) is 0 Å². The van der Waals surface area contributed by atoms with Crippen LogP contribution in [0.15, 0.2) is 0 Å². The lowest BCUT2D eigenvalue weighted by molar-refractivity contribution is -0.152. The molecule has 2 aliphatic rings.